The molecule has 0 N–H and O–H groups in total. The van der Waals surface area contributed by atoms with Crippen molar-refractivity contribution in [3.8, 4) is 33.4 Å². The number of rotatable bonds is 5. The normalized spacial score (nSPS) is 12.8. The standard InChI is InChI=1S/C49H35N/c1-3-14-45-41-20-11-12-21-42(41)46-30-28-36(32-49(46)50(48(45)4-2)37-15-6-5-7-16-37)34-25-23-33(24-26-34)35-27-29-44-40-19-9-8-17-38(40)39-18-10-13-22-43(39)47(44)31-35/h3-32H,2H2,1H3/b14-3-. The maximum Gasteiger partial charge on any atom is 0.0546 e. The molecule has 9 rings (SSSR count). The number of para-hydroxylation sites is 1. The molecule has 0 saturated carbocycles. The van der Waals surface area contributed by atoms with Gasteiger partial charge >= 0.3 is 0 Å². The monoisotopic (exact) mass is 637 g/mol. The molecule has 1 aliphatic heterocycles. The molecule has 0 bridgehead atoms. The number of nitrogens with zero attached hydrogens (tertiary/aromatic N) is 1. The molecule has 50 heavy (non-hydrogen) atoms. The summed E-state index contributed by atoms with van der Waals surface area (Å²) in [6.45, 7) is 6.39. The van der Waals surface area contributed by atoms with Gasteiger partial charge in [0.05, 0.1) is 11.4 Å². The Morgan fingerprint density at radius 3 is 1.56 bits per heavy atom. The van der Waals surface area contributed by atoms with Crippen LogP contribution in [-0.4, -0.2) is 0 Å². The highest BCUT2D eigenvalue weighted by molar-refractivity contribution is 6.25. The van der Waals surface area contributed by atoms with E-state index in [9.17, 15) is 0 Å². The van der Waals surface area contributed by atoms with Crippen LogP contribution in [0.15, 0.2) is 194 Å². The average Bonchev–Trinajstić information content (AvgIpc) is 3.30. The molecular formula is C49H35N. The fraction of sp³-hybridized carbons (Fsp3) is 0.0204. The third-order valence-electron chi connectivity index (χ3n) is 10.1. The first kappa shape index (κ1) is 29.7. The Bertz CT molecular complexity index is 2620. The van der Waals surface area contributed by atoms with Gasteiger partial charge in [-0.1, -0.05) is 158 Å². The lowest BCUT2D eigenvalue weighted by molar-refractivity contribution is 1.22. The zero-order valence-electron chi connectivity index (χ0n) is 28.0. The zero-order valence-corrected chi connectivity index (χ0v) is 28.0. The minimum atomic E-state index is 1.06. The maximum atomic E-state index is 4.32. The van der Waals surface area contributed by atoms with Gasteiger partial charge < -0.3 is 4.90 Å². The summed E-state index contributed by atoms with van der Waals surface area (Å²) in [6, 6.07) is 59.7. The first-order valence-corrected chi connectivity index (χ1v) is 17.3. The topological polar surface area (TPSA) is 3.24 Å². The number of anilines is 2. The van der Waals surface area contributed by atoms with E-state index < -0.39 is 0 Å². The summed E-state index contributed by atoms with van der Waals surface area (Å²) in [7, 11) is 0. The van der Waals surface area contributed by atoms with Gasteiger partial charge in [-0.2, -0.15) is 0 Å². The molecule has 0 atom stereocenters. The zero-order chi connectivity index (χ0) is 33.6. The second-order valence-corrected chi connectivity index (χ2v) is 12.9. The summed E-state index contributed by atoms with van der Waals surface area (Å²) >= 11 is 0. The van der Waals surface area contributed by atoms with E-state index in [1.165, 1.54) is 71.3 Å². The molecule has 0 aromatic heterocycles. The van der Waals surface area contributed by atoms with E-state index in [-0.39, 0.29) is 0 Å². The van der Waals surface area contributed by atoms with Gasteiger partial charge in [0.15, 0.2) is 0 Å². The smallest absolute Gasteiger partial charge is 0.0546 e. The van der Waals surface area contributed by atoms with E-state index in [1.54, 1.807) is 0 Å². The third kappa shape index (κ3) is 4.78. The Balaban J connectivity index is 1.17. The first-order chi connectivity index (χ1) is 24.7. The molecule has 1 aliphatic rings. The van der Waals surface area contributed by atoms with Crippen molar-refractivity contribution < 1.29 is 0 Å². The van der Waals surface area contributed by atoms with E-state index in [0.717, 1.165) is 22.6 Å². The van der Waals surface area contributed by atoms with E-state index in [0.29, 0.717) is 0 Å². The Morgan fingerprint density at radius 2 is 0.940 bits per heavy atom. The SMILES string of the molecule is C=CC1=C(/C=C\C)c2ccccc2-c2ccc(-c3ccc(-c4ccc5c6ccccc6c6ccccc6c5c4)cc3)cc2N1c1ccccc1. The Hall–Kier alpha value is -6.44. The molecule has 1 nitrogen and oxygen atoms in total. The average molecular weight is 638 g/mol. The molecular weight excluding hydrogens is 603 g/mol. The van der Waals surface area contributed by atoms with Gasteiger partial charge in [0, 0.05) is 16.8 Å². The Morgan fingerprint density at radius 1 is 0.440 bits per heavy atom. The molecule has 0 saturated heterocycles. The number of hydrogen-bond acceptors (Lipinski definition) is 1. The molecule has 0 spiro atoms. The minimum absolute atomic E-state index is 1.06. The molecule has 1 heterocycles. The van der Waals surface area contributed by atoms with E-state index in [1.807, 2.05) is 6.08 Å². The van der Waals surface area contributed by atoms with Crippen molar-refractivity contribution in [2.24, 2.45) is 0 Å². The number of hydrogen-bond donors (Lipinski definition) is 0. The van der Waals surface area contributed by atoms with Crippen molar-refractivity contribution in [1.82, 2.24) is 0 Å². The highest BCUT2D eigenvalue weighted by atomic mass is 15.2. The van der Waals surface area contributed by atoms with Crippen LogP contribution in [0.25, 0.3) is 71.3 Å². The summed E-state index contributed by atoms with van der Waals surface area (Å²) in [5.41, 5.74) is 12.8. The van der Waals surface area contributed by atoms with Crippen molar-refractivity contribution >= 4 is 49.3 Å². The van der Waals surface area contributed by atoms with Crippen LogP contribution < -0.4 is 4.90 Å². The molecule has 1 heteroatoms. The van der Waals surface area contributed by atoms with Gasteiger partial charge in [-0.05, 0) is 103 Å². The number of fused-ring (bicyclic) bond motifs is 9. The summed E-state index contributed by atoms with van der Waals surface area (Å²) in [5.74, 6) is 0. The van der Waals surface area contributed by atoms with Gasteiger partial charge in [-0.25, -0.2) is 0 Å². The van der Waals surface area contributed by atoms with E-state index >= 15 is 0 Å². The highest BCUT2D eigenvalue weighted by Crippen LogP contribution is 2.47. The minimum Gasteiger partial charge on any atom is -0.309 e. The summed E-state index contributed by atoms with van der Waals surface area (Å²) in [5, 5.41) is 7.77. The highest BCUT2D eigenvalue weighted by Gasteiger charge is 2.26. The van der Waals surface area contributed by atoms with E-state index in [4.69, 9.17) is 0 Å². The van der Waals surface area contributed by atoms with Crippen LogP contribution in [-0.2, 0) is 0 Å². The lowest BCUT2D eigenvalue weighted by Gasteiger charge is -2.28. The van der Waals surface area contributed by atoms with Gasteiger partial charge in [0.2, 0.25) is 0 Å². The van der Waals surface area contributed by atoms with Gasteiger partial charge in [-0.15, -0.1) is 0 Å². The lowest BCUT2D eigenvalue weighted by Crippen LogP contribution is -2.16. The van der Waals surface area contributed by atoms with Crippen molar-refractivity contribution in [1.29, 1.82) is 0 Å². The van der Waals surface area contributed by atoms with Crippen molar-refractivity contribution in [3.05, 3.63) is 200 Å². The molecule has 0 radical (unpaired) electrons. The third-order valence-corrected chi connectivity index (χ3v) is 10.1. The van der Waals surface area contributed by atoms with Crippen LogP contribution in [0.2, 0.25) is 0 Å². The lowest BCUT2D eigenvalue weighted by atomic mass is 9.91. The van der Waals surface area contributed by atoms with Crippen molar-refractivity contribution in [2.45, 2.75) is 6.92 Å². The van der Waals surface area contributed by atoms with Crippen LogP contribution in [0, 0.1) is 0 Å². The molecule has 236 valence electrons. The Kier molecular flexibility index (Phi) is 7.25. The predicted molar refractivity (Wildman–Crippen MR) is 216 cm³/mol. The molecule has 0 unspecified atom stereocenters. The van der Waals surface area contributed by atoms with Crippen LogP contribution in [0.3, 0.4) is 0 Å². The second kappa shape index (κ2) is 12.2. The Labute approximate surface area is 293 Å². The fourth-order valence-corrected chi connectivity index (χ4v) is 7.81. The molecule has 0 fully saturated rings. The number of allylic oxidation sites excluding steroid dienone is 4. The first-order valence-electron chi connectivity index (χ1n) is 17.3. The molecule has 8 aromatic carbocycles. The van der Waals surface area contributed by atoms with E-state index in [2.05, 4.69) is 194 Å². The van der Waals surface area contributed by atoms with Crippen LogP contribution in [0.4, 0.5) is 11.4 Å². The fourth-order valence-electron chi connectivity index (χ4n) is 7.81. The largest absolute Gasteiger partial charge is 0.309 e. The summed E-state index contributed by atoms with van der Waals surface area (Å²) in [6.07, 6.45) is 6.31. The molecule has 0 amide bonds. The second-order valence-electron chi connectivity index (χ2n) is 12.9. The predicted octanol–water partition coefficient (Wildman–Crippen LogP) is 13.8. The molecule has 0 aliphatic carbocycles. The number of benzene rings is 8. The molecule has 8 aromatic rings. The quantitative estimate of drug-likeness (QED) is 0.170. The maximum absolute atomic E-state index is 4.32. The van der Waals surface area contributed by atoms with Crippen molar-refractivity contribution in [3.63, 3.8) is 0 Å². The van der Waals surface area contributed by atoms with Gasteiger partial charge in [0.25, 0.3) is 0 Å². The van der Waals surface area contributed by atoms with Gasteiger partial charge in [-0.3, -0.25) is 0 Å². The van der Waals surface area contributed by atoms with Crippen molar-refractivity contribution in [2.75, 3.05) is 4.90 Å². The van der Waals surface area contributed by atoms with Crippen LogP contribution in [0.1, 0.15) is 12.5 Å². The van der Waals surface area contributed by atoms with Crippen LogP contribution >= 0.6 is 0 Å². The summed E-state index contributed by atoms with van der Waals surface area (Å²) in [4.78, 5) is 2.36. The van der Waals surface area contributed by atoms with Gasteiger partial charge in [0.1, 0.15) is 0 Å². The summed E-state index contributed by atoms with van der Waals surface area (Å²) < 4.78 is 0. The van der Waals surface area contributed by atoms with Crippen LogP contribution in [0.5, 0.6) is 0 Å².